The number of rotatable bonds is 5. The fourth-order valence-electron chi connectivity index (χ4n) is 1.15. The van der Waals surface area contributed by atoms with Gasteiger partial charge in [-0.2, -0.15) is 5.10 Å². The topological polar surface area (TPSA) is 65.9 Å². The highest BCUT2D eigenvalue weighted by Crippen LogP contribution is 2.29. The Morgan fingerprint density at radius 3 is 2.95 bits per heavy atom. The van der Waals surface area contributed by atoms with Crippen molar-refractivity contribution >= 4 is 46.7 Å². The molecule has 0 aliphatic heterocycles. The molecule has 0 aromatic heterocycles. The molecule has 0 saturated carbocycles. The number of hydrogen-bond acceptors (Lipinski definition) is 4. The standard InChI is InChI=1S/C11H13Cl2N3O2S/c1-18-3-2-14-11(19)16-15-6-7-4-8(12)5-9(13)10(7)17/h4-6,17H,2-3H2,1H3,(H2,14,16,19)/b15-6+. The smallest absolute Gasteiger partial charge is 0.187 e. The number of hydrogen-bond donors (Lipinski definition) is 3. The number of benzene rings is 1. The molecule has 0 saturated heterocycles. The van der Waals surface area contributed by atoms with Crippen molar-refractivity contribution in [3.63, 3.8) is 0 Å². The average Bonchev–Trinajstić information content (AvgIpc) is 2.35. The Hall–Kier alpha value is -1.08. The van der Waals surface area contributed by atoms with Gasteiger partial charge in [0.15, 0.2) is 5.11 Å². The second-order valence-electron chi connectivity index (χ2n) is 3.44. The summed E-state index contributed by atoms with van der Waals surface area (Å²) in [5, 5.41) is 17.3. The molecule has 0 fully saturated rings. The number of ether oxygens (including phenoxy) is 1. The van der Waals surface area contributed by atoms with Gasteiger partial charge in [-0.3, -0.25) is 5.43 Å². The molecule has 0 unspecified atom stereocenters. The maximum Gasteiger partial charge on any atom is 0.187 e. The van der Waals surface area contributed by atoms with E-state index >= 15 is 0 Å². The van der Waals surface area contributed by atoms with Gasteiger partial charge in [0.1, 0.15) is 5.75 Å². The molecule has 3 N–H and O–H groups in total. The zero-order valence-corrected chi connectivity index (χ0v) is 12.4. The minimum atomic E-state index is -0.0881. The largest absolute Gasteiger partial charge is 0.506 e. The van der Waals surface area contributed by atoms with E-state index in [4.69, 9.17) is 40.2 Å². The summed E-state index contributed by atoms with van der Waals surface area (Å²) in [5.74, 6) is -0.0881. The number of nitrogens with one attached hydrogen (secondary N) is 2. The van der Waals surface area contributed by atoms with E-state index in [1.807, 2.05) is 0 Å². The second kappa shape index (κ2) is 8.16. The number of halogens is 2. The van der Waals surface area contributed by atoms with Gasteiger partial charge in [-0.15, -0.1) is 0 Å². The summed E-state index contributed by atoms with van der Waals surface area (Å²) < 4.78 is 4.86. The van der Waals surface area contributed by atoms with Gasteiger partial charge in [0.05, 0.1) is 17.8 Å². The van der Waals surface area contributed by atoms with Crippen LogP contribution in [0.4, 0.5) is 0 Å². The zero-order valence-electron chi connectivity index (χ0n) is 10.1. The fraction of sp³-hybridized carbons (Fsp3) is 0.273. The quantitative estimate of drug-likeness (QED) is 0.335. The molecule has 0 heterocycles. The Morgan fingerprint density at radius 1 is 1.53 bits per heavy atom. The maximum atomic E-state index is 9.69. The molecule has 8 heteroatoms. The van der Waals surface area contributed by atoms with Gasteiger partial charge in [-0.1, -0.05) is 23.2 Å². The molecule has 0 radical (unpaired) electrons. The minimum Gasteiger partial charge on any atom is -0.506 e. The summed E-state index contributed by atoms with van der Waals surface area (Å²) in [6.45, 7) is 1.11. The van der Waals surface area contributed by atoms with Crippen molar-refractivity contribution in [3.8, 4) is 5.75 Å². The first kappa shape index (κ1) is 16.0. The Labute approximate surface area is 126 Å². The molecule has 19 heavy (non-hydrogen) atoms. The number of aromatic hydroxyl groups is 1. The van der Waals surface area contributed by atoms with Crippen LogP contribution in [-0.2, 0) is 4.74 Å². The number of phenolic OH excluding ortho intramolecular Hbond substituents is 1. The van der Waals surface area contributed by atoms with E-state index in [1.165, 1.54) is 18.3 Å². The van der Waals surface area contributed by atoms with Gasteiger partial charge in [-0.05, 0) is 24.4 Å². The maximum absolute atomic E-state index is 9.69. The van der Waals surface area contributed by atoms with Crippen molar-refractivity contribution in [2.45, 2.75) is 0 Å². The molecular weight excluding hydrogens is 309 g/mol. The van der Waals surface area contributed by atoms with Crippen LogP contribution in [0.5, 0.6) is 5.75 Å². The Balaban J connectivity index is 2.55. The van der Waals surface area contributed by atoms with Crippen LogP contribution in [0.15, 0.2) is 17.2 Å². The van der Waals surface area contributed by atoms with Crippen LogP contribution in [0.3, 0.4) is 0 Å². The number of phenols is 1. The lowest BCUT2D eigenvalue weighted by atomic mass is 10.2. The van der Waals surface area contributed by atoms with Crippen molar-refractivity contribution in [1.82, 2.24) is 10.7 Å². The SMILES string of the molecule is COCCNC(=S)N/N=C/c1cc(Cl)cc(Cl)c1O. The van der Waals surface area contributed by atoms with Crippen molar-refractivity contribution < 1.29 is 9.84 Å². The number of methoxy groups -OCH3 is 1. The molecule has 1 rings (SSSR count). The van der Waals surface area contributed by atoms with E-state index in [2.05, 4.69) is 15.8 Å². The van der Waals surface area contributed by atoms with Crippen molar-refractivity contribution in [2.75, 3.05) is 20.3 Å². The molecular formula is C11H13Cl2N3O2S. The summed E-state index contributed by atoms with van der Waals surface area (Å²) in [6.07, 6.45) is 1.37. The minimum absolute atomic E-state index is 0.0881. The van der Waals surface area contributed by atoms with Crippen LogP contribution in [0.1, 0.15) is 5.56 Å². The van der Waals surface area contributed by atoms with Gasteiger partial charge < -0.3 is 15.2 Å². The van der Waals surface area contributed by atoms with Crippen LogP contribution in [0.25, 0.3) is 0 Å². The molecule has 0 amide bonds. The lowest BCUT2D eigenvalue weighted by Crippen LogP contribution is -2.34. The van der Waals surface area contributed by atoms with E-state index in [0.717, 1.165) is 0 Å². The lowest BCUT2D eigenvalue weighted by Gasteiger charge is -2.06. The van der Waals surface area contributed by atoms with Gasteiger partial charge in [-0.25, -0.2) is 0 Å². The van der Waals surface area contributed by atoms with E-state index in [9.17, 15) is 5.11 Å². The molecule has 0 atom stereocenters. The third-order valence-electron chi connectivity index (χ3n) is 2.02. The van der Waals surface area contributed by atoms with Gasteiger partial charge in [0.2, 0.25) is 0 Å². The third-order valence-corrected chi connectivity index (χ3v) is 2.76. The van der Waals surface area contributed by atoms with Crippen LogP contribution in [-0.4, -0.2) is 36.7 Å². The average molecular weight is 322 g/mol. The van der Waals surface area contributed by atoms with Crippen molar-refractivity contribution in [1.29, 1.82) is 0 Å². The fourth-order valence-corrected chi connectivity index (χ4v) is 1.81. The first-order valence-corrected chi connectivity index (χ1v) is 6.45. The first-order valence-electron chi connectivity index (χ1n) is 5.28. The predicted molar refractivity (Wildman–Crippen MR) is 81.3 cm³/mol. The Bertz CT molecular complexity index is 483. The summed E-state index contributed by atoms with van der Waals surface area (Å²) in [5.41, 5.74) is 2.99. The molecule has 5 nitrogen and oxygen atoms in total. The molecule has 104 valence electrons. The number of thiocarbonyl (C=S) groups is 1. The lowest BCUT2D eigenvalue weighted by molar-refractivity contribution is 0.204. The monoisotopic (exact) mass is 321 g/mol. The van der Waals surface area contributed by atoms with Crippen molar-refractivity contribution in [3.05, 3.63) is 27.7 Å². The van der Waals surface area contributed by atoms with Gasteiger partial charge in [0, 0.05) is 24.2 Å². The normalized spacial score (nSPS) is 10.7. The second-order valence-corrected chi connectivity index (χ2v) is 4.70. The number of hydrazone groups is 1. The highest BCUT2D eigenvalue weighted by Gasteiger charge is 2.05. The highest BCUT2D eigenvalue weighted by molar-refractivity contribution is 7.80. The zero-order chi connectivity index (χ0) is 14.3. The van der Waals surface area contributed by atoms with Crippen LogP contribution < -0.4 is 10.7 Å². The van der Waals surface area contributed by atoms with E-state index < -0.39 is 0 Å². The predicted octanol–water partition coefficient (Wildman–Crippen LogP) is 2.14. The molecule has 0 aliphatic rings. The van der Waals surface area contributed by atoms with Crippen LogP contribution in [0.2, 0.25) is 10.0 Å². The van der Waals surface area contributed by atoms with Crippen molar-refractivity contribution in [2.24, 2.45) is 5.10 Å². The Kier molecular flexibility index (Phi) is 6.86. The molecule has 1 aromatic rings. The van der Waals surface area contributed by atoms with E-state index in [-0.39, 0.29) is 10.8 Å². The summed E-state index contributed by atoms with van der Waals surface area (Å²) >= 11 is 16.6. The highest BCUT2D eigenvalue weighted by atomic mass is 35.5. The first-order chi connectivity index (χ1) is 9.04. The van der Waals surface area contributed by atoms with Crippen LogP contribution >= 0.6 is 35.4 Å². The van der Waals surface area contributed by atoms with Gasteiger partial charge in [0.25, 0.3) is 0 Å². The van der Waals surface area contributed by atoms with E-state index in [0.29, 0.717) is 28.9 Å². The van der Waals surface area contributed by atoms with E-state index in [1.54, 1.807) is 7.11 Å². The molecule has 0 aliphatic carbocycles. The Morgan fingerprint density at radius 2 is 2.26 bits per heavy atom. The number of nitrogens with zero attached hydrogens (tertiary/aromatic N) is 1. The molecule has 0 spiro atoms. The van der Waals surface area contributed by atoms with Crippen LogP contribution in [0, 0.1) is 0 Å². The molecule has 0 bridgehead atoms. The third kappa shape index (κ3) is 5.61. The molecule has 1 aromatic carbocycles. The summed E-state index contributed by atoms with van der Waals surface area (Å²) in [7, 11) is 1.60. The summed E-state index contributed by atoms with van der Waals surface area (Å²) in [4.78, 5) is 0. The summed E-state index contributed by atoms with van der Waals surface area (Å²) in [6, 6.07) is 2.98. The van der Waals surface area contributed by atoms with Gasteiger partial charge >= 0.3 is 0 Å².